The van der Waals surface area contributed by atoms with Crippen LogP contribution in [-0.2, 0) is 0 Å². The first kappa shape index (κ1) is 24.2. The standard InChI is InChI=1S/C26H24N2O6S/c1-31-17-9-7-8-16(12-17)28-25(30)19-10-5-6-11-20(19)27-26(28)35-15-21(29)24-22(33-3)13-18(32-2)14-23(24)34-4/h5-14H,15H2,1-4H3. The topological polar surface area (TPSA) is 88.9 Å². The van der Waals surface area contributed by atoms with Gasteiger partial charge in [0.1, 0.15) is 28.6 Å². The van der Waals surface area contributed by atoms with Crippen LogP contribution in [0.3, 0.4) is 0 Å². The highest BCUT2D eigenvalue weighted by atomic mass is 32.2. The molecule has 0 fully saturated rings. The lowest BCUT2D eigenvalue weighted by molar-refractivity contribution is 0.101. The number of Topliss-reactive ketones (excluding diaryl/α,β-unsaturated/α-hetero) is 1. The minimum absolute atomic E-state index is 0.00615. The van der Waals surface area contributed by atoms with E-state index in [1.807, 2.05) is 6.07 Å². The maximum Gasteiger partial charge on any atom is 0.266 e. The second-order valence-corrected chi connectivity index (χ2v) is 8.31. The summed E-state index contributed by atoms with van der Waals surface area (Å²) in [4.78, 5) is 31.5. The maximum absolute atomic E-state index is 13.5. The normalized spacial score (nSPS) is 10.7. The lowest BCUT2D eigenvalue weighted by Crippen LogP contribution is -2.22. The Bertz CT molecular complexity index is 1420. The molecule has 0 aliphatic carbocycles. The Balaban J connectivity index is 1.77. The first-order valence-electron chi connectivity index (χ1n) is 10.6. The zero-order chi connectivity index (χ0) is 24.9. The number of para-hydroxylation sites is 1. The Hall–Kier alpha value is -3.98. The van der Waals surface area contributed by atoms with Crippen LogP contribution in [-0.4, -0.2) is 49.5 Å². The molecule has 0 bridgehead atoms. The number of thioether (sulfide) groups is 1. The number of carbonyl (C=O) groups is 1. The van der Waals surface area contributed by atoms with Crippen molar-refractivity contribution in [2.24, 2.45) is 0 Å². The van der Waals surface area contributed by atoms with Crippen LogP contribution >= 0.6 is 11.8 Å². The van der Waals surface area contributed by atoms with E-state index in [0.29, 0.717) is 50.3 Å². The zero-order valence-electron chi connectivity index (χ0n) is 19.7. The number of hydrogen-bond donors (Lipinski definition) is 0. The van der Waals surface area contributed by atoms with Crippen molar-refractivity contribution in [3.8, 4) is 28.7 Å². The molecule has 4 rings (SSSR count). The average Bonchev–Trinajstić information content (AvgIpc) is 2.90. The lowest BCUT2D eigenvalue weighted by atomic mass is 10.1. The molecule has 180 valence electrons. The van der Waals surface area contributed by atoms with Crippen molar-refractivity contribution in [1.29, 1.82) is 0 Å². The van der Waals surface area contributed by atoms with E-state index in [1.54, 1.807) is 61.7 Å². The number of fused-ring (bicyclic) bond motifs is 1. The number of aromatic nitrogens is 2. The van der Waals surface area contributed by atoms with Crippen LogP contribution in [0.2, 0.25) is 0 Å². The van der Waals surface area contributed by atoms with Gasteiger partial charge in [0.25, 0.3) is 5.56 Å². The predicted molar refractivity (Wildman–Crippen MR) is 135 cm³/mol. The van der Waals surface area contributed by atoms with Crippen LogP contribution in [0.1, 0.15) is 10.4 Å². The molecule has 0 saturated heterocycles. The fraction of sp³-hybridized carbons (Fsp3) is 0.192. The molecular formula is C26H24N2O6S. The van der Waals surface area contributed by atoms with Gasteiger partial charge in [0.2, 0.25) is 0 Å². The Morgan fingerprint density at radius 2 is 1.54 bits per heavy atom. The summed E-state index contributed by atoms with van der Waals surface area (Å²) in [5, 5.41) is 0.853. The van der Waals surface area contributed by atoms with E-state index in [-0.39, 0.29) is 17.1 Å². The summed E-state index contributed by atoms with van der Waals surface area (Å²) >= 11 is 1.15. The molecule has 0 aliphatic heterocycles. The van der Waals surface area contributed by atoms with Crippen molar-refractivity contribution in [3.05, 3.63) is 76.6 Å². The van der Waals surface area contributed by atoms with E-state index in [2.05, 4.69) is 0 Å². The molecule has 3 aromatic carbocycles. The second-order valence-electron chi connectivity index (χ2n) is 7.37. The van der Waals surface area contributed by atoms with Gasteiger partial charge in [-0.15, -0.1) is 0 Å². The molecule has 8 nitrogen and oxygen atoms in total. The molecule has 0 aliphatic rings. The number of rotatable bonds is 9. The fourth-order valence-electron chi connectivity index (χ4n) is 3.67. The Kier molecular flexibility index (Phi) is 7.26. The van der Waals surface area contributed by atoms with Crippen LogP contribution < -0.4 is 24.5 Å². The Morgan fingerprint density at radius 1 is 0.857 bits per heavy atom. The van der Waals surface area contributed by atoms with Crippen molar-refractivity contribution in [2.75, 3.05) is 34.2 Å². The summed E-state index contributed by atoms with van der Waals surface area (Å²) in [5.74, 6) is 1.53. The highest BCUT2D eigenvalue weighted by molar-refractivity contribution is 7.99. The minimum Gasteiger partial charge on any atom is -0.497 e. The molecule has 0 radical (unpaired) electrons. The lowest BCUT2D eigenvalue weighted by Gasteiger charge is -2.16. The fourth-order valence-corrected chi connectivity index (χ4v) is 4.55. The predicted octanol–water partition coefficient (Wildman–Crippen LogP) is 4.40. The van der Waals surface area contributed by atoms with E-state index in [1.165, 1.54) is 25.9 Å². The highest BCUT2D eigenvalue weighted by Gasteiger charge is 2.22. The number of carbonyl (C=O) groups excluding carboxylic acids is 1. The summed E-state index contributed by atoms with van der Waals surface area (Å²) in [6.07, 6.45) is 0. The van der Waals surface area contributed by atoms with E-state index in [9.17, 15) is 9.59 Å². The molecule has 0 spiro atoms. The number of ketones is 1. The zero-order valence-corrected chi connectivity index (χ0v) is 20.5. The number of ether oxygens (including phenoxy) is 4. The second kappa shape index (κ2) is 10.5. The van der Waals surface area contributed by atoms with E-state index in [0.717, 1.165) is 11.8 Å². The van der Waals surface area contributed by atoms with Gasteiger partial charge >= 0.3 is 0 Å². The molecule has 0 saturated carbocycles. The Morgan fingerprint density at radius 3 is 2.20 bits per heavy atom. The highest BCUT2D eigenvalue weighted by Crippen LogP contribution is 2.35. The maximum atomic E-state index is 13.5. The van der Waals surface area contributed by atoms with Crippen LogP contribution in [0.25, 0.3) is 16.6 Å². The van der Waals surface area contributed by atoms with E-state index >= 15 is 0 Å². The van der Waals surface area contributed by atoms with E-state index < -0.39 is 0 Å². The summed E-state index contributed by atoms with van der Waals surface area (Å²) in [5.41, 5.74) is 1.19. The minimum atomic E-state index is -0.244. The third kappa shape index (κ3) is 4.81. The summed E-state index contributed by atoms with van der Waals surface area (Å²) < 4.78 is 22.9. The molecule has 9 heteroatoms. The van der Waals surface area contributed by atoms with E-state index in [4.69, 9.17) is 23.9 Å². The SMILES string of the molecule is COc1cccc(-n2c(SCC(=O)c3c(OC)cc(OC)cc3OC)nc3ccccc3c2=O)c1. The van der Waals surface area contributed by atoms with Crippen LogP contribution in [0.5, 0.6) is 23.0 Å². The van der Waals surface area contributed by atoms with Crippen molar-refractivity contribution >= 4 is 28.4 Å². The number of benzene rings is 3. The van der Waals surface area contributed by atoms with Gasteiger partial charge in [0, 0.05) is 18.2 Å². The van der Waals surface area contributed by atoms with Gasteiger partial charge in [-0.05, 0) is 24.3 Å². The van der Waals surface area contributed by atoms with Crippen molar-refractivity contribution in [1.82, 2.24) is 9.55 Å². The van der Waals surface area contributed by atoms with Crippen molar-refractivity contribution in [3.63, 3.8) is 0 Å². The molecule has 35 heavy (non-hydrogen) atoms. The van der Waals surface area contributed by atoms with Gasteiger partial charge in [-0.25, -0.2) is 4.98 Å². The summed E-state index contributed by atoms with van der Waals surface area (Å²) in [6, 6.07) is 17.5. The molecule has 0 unspecified atom stereocenters. The van der Waals surface area contributed by atoms with Crippen LogP contribution in [0.15, 0.2) is 70.6 Å². The number of methoxy groups -OCH3 is 4. The molecule has 0 N–H and O–H groups in total. The Labute approximate surface area is 206 Å². The average molecular weight is 493 g/mol. The van der Waals surface area contributed by atoms with Crippen LogP contribution in [0, 0.1) is 0 Å². The molecule has 4 aromatic rings. The first-order chi connectivity index (χ1) is 17.0. The molecular weight excluding hydrogens is 468 g/mol. The quantitative estimate of drug-likeness (QED) is 0.193. The van der Waals surface area contributed by atoms with Gasteiger partial charge in [0.15, 0.2) is 10.9 Å². The third-order valence-corrected chi connectivity index (χ3v) is 6.32. The number of hydrogen-bond acceptors (Lipinski definition) is 8. The van der Waals surface area contributed by atoms with Crippen molar-refractivity contribution in [2.45, 2.75) is 5.16 Å². The third-order valence-electron chi connectivity index (χ3n) is 5.38. The largest absolute Gasteiger partial charge is 0.497 e. The number of nitrogens with zero attached hydrogens (tertiary/aromatic N) is 2. The molecule has 0 atom stereocenters. The van der Waals surface area contributed by atoms with Gasteiger partial charge in [-0.1, -0.05) is 30.0 Å². The van der Waals surface area contributed by atoms with Gasteiger partial charge in [-0.2, -0.15) is 0 Å². The van der Waals surface area contributed by atoms with Crippen LogP contribution in [0.4, 0.5) is 0 Å². The van der Waals surface area contributed by atoms with Crippen molar-refractivity contribution < 1.29 is 23.7 Å². The monoisotopic (exact) mass is 492 g/mol. The summed E-state index contributed by atoms with van der Waals surface area (Å²) in [6.45, 7) is 0. The smallest absolute Gasteiger partial charge is 0.266 e. The molecule has 1 heterocycles. The molecule has 1 aromatic heterocycles. The summed E-state index contributed by atoms with van der Waals surface area (Å²) in [7, 11) is 6.03. The first-order valence-corrected chi connectivity index (χ1v) is 11.6. The van der Waals surface area contributed by atoms with Gasteiger partial charge in [-0.3, -0.25) is 14.2 Å². The van der Waals surface area contributed by atoms with Gasteiger partial charge < -0.3 is 18.9 Å². The molecule has 0 amide bonds. The van der Waals surface area contributed by atoms with Gasteiger partial charge in [0.05, 0.1) is 50.8 Å².